The molecule has 1 aromatic carbocycles. The van der Waals surface area contributed by atoms with E-state index in [9.17, 15) is 9.59 Å². The van der Waals surface area contributed by atoms with Crippen LogP contribution in [0.1, 0.15) is 15.2 Å². The van der Waals surface area contributed by atoms with Gasteiger partial charge in [-0.1, -0.05) is 6.07 Å². The largest absolute Gasteiger partial charge is 0.486 e. The minimum atomic E-state index is -0.409. The van der Waals surface area contributed by atoms with Crippen LogP contribution in [0.25, 0.3) is 0 Å². The predicted octanol–water partition coefficient (Wildman–Crippen LogP) is 1.40. The Bertz CT molecular complexity index is 759. The van der Waals surface area contributed by atoms with Crippen LogP contribution in [0.5, 0.6) is 11.5 Å². The summed E-state index contributed by atoms with van der Waals surface area (Å²) in [6, 6.07) is 8.66. The number of hydrogen-bond donors (Lipinski definition) is 2. The quantitative estimate of drug-likeness (QED) is 0.633. The van der Waals surface area contributed by atoms with Crippen molar-refractivity contribution in [3.63, 3.8) is 0 Å². The lowest BCUT2D eigenvalue weighted by Gasteiger charge is -2.18. The molecule has 1 aromatic heterocycles. The monoisotopic (exact) mass is 345 g/mol. The molecule has 2 heterocycles. The van der Waals surface area contributed by atoms with Crippen molar-refractivity contribution in [1.82, 2.24) is 10.7 Å². The fourth-order valence-electron chi connectivity index (χ4n) is 2.02. The number of benzene rings is 1. The van der Waals surface area contributed by atoms with Crippen LogP contribution < -0.4 is 20.2 Å². The highest BCUT2D eigenvalue weighted by molar-refractivity contribution is 7.11. The Kier molecular flexibility index (Phi) is 5.07. The lowest BCUT2D eigenvalue weighted by atomic mass is 10.2. The van der Waals surface area contributed by atoms with Gasteiger partial charge in [0.25, 0.3) is 11.8 Å². The highest BCUT2D eigenvalue weighted by Gasteiger charge is 2.15. The maximum absolute atomic E-state index is 12.1. The van der Waals surface area contributed by atoms with Crippen molar-refractivity contribution in [1.29, 1.82) is 0 Å². The smallest absolute Gasteiger partial charge is 0.259 e. The van der Waals surface area contributed by atoms with Gasteiger partial charge in [0.2, 0.25) is 0 Å². The van der Waals surface area contributed by atoms with Crippen molar-refractivity contribution in [2.75, 3.05) is 19.8 Å². The van der Waals surface area contributed by atoms with E-state index in [0.717, 1.165) is 4.88 Å². The number of carbonyl (C=O) groups excluding carboxylic acids is 2. The molecule has 0 saturated heterocycles. The van der Waals surface area contributed by atoms with Gasteiger partial charge in [-0.25, -0.2) is 5.43 Å². The van der Waals surface area contributed by atoms with Gasteiger partial charge in [-0.2, -0.15) is 5.10 Å². The number of fused-ring (bicyclic) bond motifs is 1. The SMILES string of the molecule is O=C(CNC(=O)c1ccc2c(c1)OCCO2)NN=Cc1cccs1. The highest BCUT2D eigenvalue weighted by atomic mass is 32.1. The second-order valence-electron chi connectivity index (χ2n) is 4.85. The first-order chi connectivity index (χ1) is 11.7. The van der Waals surface area contributed by atoms with E-state index in [1.54, 1.807) is 24.4 Å². The number of hydrogen-bond acceptors (Lipinski definition) is 6. The van der Waals surface area contributed by atoms with Crippen molar-refractivity contribution in [3.8, 4) is 11.5 Å². The van der Waals surface area contributed by atoms with E-state index in [0.29, 0.717) is 30.3 Å². The predicted molar refractivity (Wildman–Crippen MR) is 89.8 cm³/mol. The van der Waals surface area contributed by atoms with Crippen molar-refractivity contribution in [2.45, 2.75) is 0 Å². The Labute approximate surface area is 142 Å². The maximum Gasteiger partial charge on any atom is 0.259 e. The standard InChI is InChI=1S/C16H15N3O4S/c20-15(19-18-9-12-2-1-7-24-12)10-17-16(21)11-3-4-13-14(8-11)23-6-5-22-13/h1-4,7-9H,5-6,10H2,(H,17,21)(H,19,20). The molecule has 3 rings (SSSR count). The minimum Gasteiger partial charge on any atom is -0.486 e. The fourth-order valence-corrected chi connectivity index (χ4v) is 2.60. The second-order valence-corrected chi connectivity index (χ2v) is 5.83. The molecule has 0 fully saturated rings. The topological polar surface area (TPSA) is 89.0 Å². The van der Waals surface area contributed by atoms with Crippen molar-refractivity contribution >= 4 is 29.4 Å². The molecule has 1 aliphatic rings. The van der Waals surface area contributed by atoms with Crippen LogP contribution in [0.3, 0.4) is 0 Å². The summed E-state index contributed by atoms with van der Waals surface area (Å²) < 4.78 is 10.8. The van der Waals surface area contributed by atoms with Gasteiger partial charge in [-0.3, -0.25) is 9.59 Å². The maximum atomic E-state index is 12.1. The molecule has 2 aromatic rings. The molecule has 0 aliphatic carbocycles. The second kappa shape index (κ2) is 7.60. The molecule has 0 saturated carbocycles. The van der Waals surface area contributed by atoms with Crippen LogP contribution in [0.4, 0.5) is 0 Å². The molecule has 0 unspecified atom stereocenters. The highest BCUT2D eigenvalue weighted by Crippen LogP contribution is 2.30. The third-order valence-electron chi connectivity index (χ3n) is 3.14. The van der Waals surface area contributed by atoms with E-state index in [1.165, 1.54) is 11.3 Å². The summed E-state index contributed by atoms with van der Waals surface area (Å²) in [5.41, 5.74) is 2.75. The molecule has 2 N–H and O–H groups in total. The number of rotatable bonds is 5. The Balaban J connectivity index is 1.49. The minimum absolute atomic E-state index is 0.172. The average molecular weight is 345 g/mol. The lowest BCUT2D eigenvalue weighted by Crippen LogP contribution is -2.35. The van der Waals surface area contributed by atoms with Gasteiger partial charge in [-0.15, -0.1) is 11.3 Å². The van der Waals surface area contributed by atoms with Crippen LogP contribution in [-0.4, -0.2) is 37.8 Å². The molecule has 0 radical (unpaired) electrons. The van der Waals surface area contributed by atoms with Gasteiger partial charge in [0.05, 0.1) is 12.8 Å². The zero-order valence-corrected chi connectivity index (χ0v) is 13.5. The number of amides is 2. The molecule has 124 valence electrons. The van der Waals surface area contributed by atoms with Gasteiger partial charge < -0.3 is 14.8 Å². The van der Waals surface area contributed by atoms with Crippen LogP contribution in [0.15, 0.2) is 40.8 Å². The molecular formula is C16H15N3O4S. The van der Waals surface area contributed by atoms with E-state index in [1.807, 2.05) is 17.5 Å². The van der Waals surface area contributed by atoms with Gasteiger partial charge >= 0.3 is 0 Å². The first-order valence-corrected chi connectivity index (χ1v) is 8.13. The van der Waals surface area contributed by atoms with E-state index in [-0.39, 0.29) is 12.5 Å². The molecule has 8 heteroatoms. The fraction of sp³-hybridized carbons (Fsp3) is 0.188. The third-order valence-corrected chi connectivity index (χ3v) is 3.94. The van der Waals surface area contributed by atoms with Crippen molar-refractivity contribution in [3.05, 3.63) is 46.2 Å². The molecular weight excluding hydrogens is 330 g/mol. The van der Waals surface area contributed by atoms with E-state index in [2.05, 4.69) is 15.8 Å². The normalized spacial score (nSPS) is 12.8. The summed E-state index contributed by atoms with van der Waals surface area (Å²) in [6.07, 6.45) is 1.55. The molecule has 1 aliphatic heterocycles. The number of nitrogens with zero attached hydrogens (tertiary/aromatic N) is 1. The zero-order valence-electron chi connectivity index (χ0n) is 12.7. The molecule has 7 nitrogen and oxygen atoms in total. The van der Waals surface area contributed by atoms with Gasteiger partial charge in [0.15, 0.2) is 11.5 Å². The number of ether oxygens (including phenoxy) is 2. The first-order valence-electron chi connectivity index (χ1n) is 7.25. The average Bonchev–Trinajstić information content (AvgIpc) is 3.12. The van der Waals surface area contributed by atoms with Gasteiger partial charge in [-0.05, 0) is 29.6 Å². The Morgan fingerprint density at radius 3 is 2.83 bits per heavy atom. The van der Waals surface area contributed by atoms with Gasteiger partial charge in [0, 0.05) is 10.4 Å². The van der Waals surface area contributed by atoms with Crippen LogP contribution in [0, 0.1) is 0 Å². The van der Waals surface area contributed by atoms with Crippen LogP contribution in [0.2, 0.25) is 0 Å². The number of hydrazone groups is 1. The van der Waals surface area contributed by atoms with E-state index in [4.69, 9.17) is 9.47 Å². The molecule has 0 spiro atoms. The van der Waals surface area contributed by atoms with E-state index < -0.39 is 5.91 Å². The Hall–Kier alpha value is -2.87. The Morgan fingerprint density at radius 2 is 2.04 bits per heavy atom. The third kappa shape index (κ3) is 4.11. The van der Waals surface area contributed by atoms with Crippen molar-refractivity contribution in [2.24, 2.45) is 5.10 Å². The summed E-state index contributed by atoms with van der Waals surface area (Å²) in [5, 5.41) is 8.26. The first kappa shape index (κ1) is 16.0. The van der Waals surface area contributed by atoms with Crippen LogP contribution >= 0.6 is 11.3 Å². The summed E-state index contributed by atoms with van der Waals surface area (Å²) >= 11 is 1.51. The Morgan fingerprint density at radius 1 is 1.21 bits per heavy atom. The summed E-state index contributed by atoms with van der Waals surface area (Å²) in [7, 11) is 0. The summed E-state index contributed by atoms with van der Waals surface area (Å²) in [5.74, 6) is 0.357. The molecule has 24 heavy (non-hydrogen) atoms. The molecule has 0 atom stereocenters. The number of nitrogens with one attached hydrogen (secondary N) is 2. The number of thiophene rings is 1. The number of carbonyl (C=O) groups is 2. The molecule has 0 bridgehead atoms. The van der Waals surface area contributed by atoms with Crippen LogP contribution in [-0.2, 0) is 4.79 Å². The molecule has 2 amide bonds. The summed E-state index contributed by atoms with van der Waals surface area (Å²) in [6.45, 7) is 0.766. The lowest BCUT2D eigenvalue weighted by molar-refractivity contribution is -0.120. The zero-order chi connectivity index (χ0) is 16.8. The van der Waals surface area contributed by atoms with E-state index >= 15 is 0 Å². The van der Waals surface area contributed by atoms with Gasteiger partial charge in [0.1, 0.15) is 13.2 Å². The summed E-state index contributed by atoms with van der Waals surface area (Å²) in [4.78, 5) is 24.7. The van der Waals surface area contributed by atoms with Crippen molar-refractivity contribution < 1.29 is 19.1 Å².